The Morgan fingerprint density at radius 2 is 1.93 bits per heavy atom. The summed E-state index contributed by atoms with van der Waals surface area (Å²) in [6.45, 7) is 1.97. The lowest BCUT2D eigenvalue weighted by Gasteiger charge is -2.19. The lowest BCUT2D eigenvalue weighted by atomic mass is 10.0. The quantitative estimate of drug-likeness (QED) is 0.465. The van der Waals surface area contributed by atoms with Crippen LogP contribution >= 0.6 is 0 Å². The van der Waals surface area contributed by atoms with Crippen molar-refractivity contribution in [2.75, 3.05) is 5.32 Å². The maximum atomic E-state index is 4.53. The molecule has 10 nitrogen and oxygen atoms in total. The van der Waals surface area contributed by atoms with Gasteiger partial charge in [0.05, 0.1) is 40.9 Å². The molecule has 0 fully saturated rings. The van der Waals surface area contributed by atoms with Gasteiger partial charge in [-0.3, -0.25) is 19.7 Å². The summed E-state index contributed by atoms with van der Waals surface area (Å²) in [6, 6.07) is 5.83. The summed E-state index contributed by atoms with van der Waals surface area (Å²) in [5, 5.41) is 23.5. The third-order valence-corrected chi connectivity index (χ3v) is 4.97. The van der Waals surface area contributed by atoms with E-state index in [1.807, 2.05) is 51.6 Å². The SMILES string of the molecule is Cc1cc(-c2cc(NC(c3cnn(C)c3)c3cnnn3C)cc3nccnc23)n[nH]1. The van der Waals surface area contributed by atoms with Gasteiger partial charge in [-0.05, 0) is 25.1 Å². The predicted molar refractivity (Wildman–Crippen MR) is 112 cm³/mol. The number of benzene rings is 1. The molecule has 2 N–H and O–H groups in total. The molecule has 1 aromatic carbocycles. The lowest BCUT2D eigenvalue weighted by molar-refractivity contribution is 0.663. The Balaban J connectivity index is 1.64. The van der Waals surface area contributed by atoms with Crippen LogP contribution in [-0.4, -0.2) is 44.9 Å². The number of aromatic amines is 1. The van der Waals surface area contributed by atoms with Crippen LogP contribution in [0.2, 0.25) is 0 Å². The van der Waals surface area contributed by atoms with E-state index in [0.29, 0.717) is 0 Å². The minimum absolute atomic E-state index is 0.193. The highest BCUT2D eigenvalue weighted by molar-refractivity contribution is 5.93. The van der Waals surface area contributed by atoms with E-state index in [1.165, 1.54) is 0 Å². The molecule has 0 radical (unpaired) electrons. The van der Waals surface area contributed by atoms with Crippen LogP contribution in [0.4, 0.5) is 5.69 Å². The maximum absolute atomic E-state index is 4.53. The van der Waals surface area contributed by atoms with E-state index in [1.54, 1.807) is 28.0 Å². The Hall–Kier alpha value is -4.08. The van der Waals surface area contributed by atoms with Crippen LogP contribution in [0.15, 0.2) is 49.2 Å². The van der Waals surface area contributed by atoms with Gasteiger partial charge < -0.3 is 5.32 Å². The fourth-order valence-electron chi connectivity index (χ4n) is 3.55. The van der Waals surface area contributed by atoms with Gasteiger partial charge in [-0.1, -0.05) is 5.21 Å². The van der Waals surface area contributed by atoms with Crippen molar-refractivity contribution in [2.45, 2.75) is 13.0 Å². The van der Waals surface area contributed by atoms with E-state index in [9.17, 15) is 0 Å². The zero-order valence-electron chi connectivity index (χ0n) is 16.8. The Kier molecular flexibility index (Phi) is 4.24. The largest absolute Gasteiger partial charge is 0.373 e. The molecule has 0 aliphatic heterocycles. The lowest BCUT2D eigenvalue weighted by Crippen LogP contribution is -2.16. The van der Waals surface area contributed by atoms with Crippen molar-refractivity contribution >= 4 is 16.7 Å². The number of anilines is 1. The topological polar surface area (TPSA) is 115 Å². The molecule has 30 heavy (non-hydrogen) atoms. The summed E-state index contributed by atoms with van der Waals surface area (Å²) in [6.07, 6.45) is 8.95. The van der Waals surface area contributed by atoms with Gasteiger partial charge in [-0.15, -0.1) is 5.10 Å². The molecule has 1 unspecified atom stereocenters. The number of aryl methyl sites for hydroxylation is 3. The second-order valence-corrected chi connectivity index (χ2v) is 7.19. The smallest absolute Gasteiger partial charge is 0.0983 e. The number of hydrogen-bond donors (Lipinski definition) is 2. The molecule has 0 aliphatic rings. The van der Waals surface area contributed by atoms with Gasteiger partial charge in [0.2, 0.25) is 0 Å². The minimum atomic E-state index is -0.193. The number of H-pyrrole nitrogens is 1. The predicted octanol–water partition coefficient (Wildman–Crippen LogP) is 2.39. The van der Waals surface area contributed by atoms with Crippen molar-refractivity contribution in [2.24, 2.45) is 14.1 Å². The number of rotatable bonds is 5. The highest BCUT2D eigenvalue weighted by Crippen LogP contribution is 2.32. The zero-order valence-corrected chi connectivity index (χ0v) is 16.8. The first-order chi connectivity index (χ1) is 14.6. The molecule has 10 heteroatoms. The molecule has 0 saturated heterocycles. The fraction of sp³-hybridized carbons (Fsp3) is 0.200. The minimum Gasteiger partial charge on any atom is -0.373 e. The number of hydrogen-bond acceptors (Lipinski definition) is 7. The number of aromatic nitrogens is 9. The van der Waals surface area contributed by atoms with E-state index in [4.69, 9.17) is 0 Å². The monoisotopic (exact) mass is 400 g/mol. The third-order valence-electron chi connectivity index (χ3n) is 4.97. The van der Waals surface area contributed by atoms with Crippen LogP contribution in [-0.2, 0) is 14.1 Å². The Morgan fingerprint density at radius 1 is 1.07 bits per heavy atom. The molecule has 1 atom stereocenters. The van der Waals surface area contributed by atoms with Gasteiger partial charge in [-0.2, -0.15) is 10.2 Å². The highest BCUT2D eigenvalue weighted by Gasteiger charge is 2.21. The summed E-state index contributed by atoms with van der Waals surface area (Å²) in [4.78, 5) is 9.04. The van der Waals surface area contributed by atoms with Crippen LogP contribution in [0, 0.1) is 6.92 Å². The summed E-state index contributed by atoms with van der Waals surface area (Å²) in [7, 11) is 3.77. The molecule has 4 aromatic heterocycles. The van der Waals surface area contributed by atoms with Crippen molar-refractivity contribution in [3.63, 3.8) is 0 Å². The molecule has 0 spiro atoms. The van der Waals surface area contributed by atoms with Crippen LogP contribution < -0.4 is 5.32 Å². The van der Waals surface area contributed by atoms with Gasteiger partial charge in [0.25, 0.3) is 0 Å². The average molecular weight is 400 g/mol. The second-order valence-electron chi connectivity index (χ2n) is 7.19. The summed E-state index contributed by atoms with van der Waals surface area (Å²) in [5.74, 6) is 0. The van der Waals surface area contributed by atoms with Crippen molar-refractivity contribution in [1.29, 1.82) is 0 Å². The number of nitrogens with one attached hydrogen (secondary N) is 2. The first kappa shape index (κ1) is 18.0. The molecule has 0 saturated carbocycles. The Bertz CT molecular complexity index is 1330. The van der Waals surface area contributed by atoms with Gasteiger partial charge in [0, 0.05) is 55.2 Å². The van der Waals surface area contributed by atoms with Crippen LogP contribution in [0.1, 0.15) is 23.0 Å². The van der Waals surface area contributed by atoms with Crippen LogP contribution in [0.3, 0.4) is 0 Å². The summed E-state index contributed by atoms with van der Waals surface area (Å²) >= 11 is 0. The summed E-state index contributed by atoms with van der Waals surface area (Å²) < 4.78 is 3.53. The molecule has 4 heterocycles. The standard InChI is InChI=1S/C20H20N10/c1-12-6-16(27-26-12)15-7-14(8-17-20(15)22-5-4-21-17)25-19(13-9-24-29(2)11-13)18-10-23-28-30(18)3/h4-11,19,25H,1-3H3,(H,26,27). The van der Waals surface area contributed by atoms with E-state index in [2.05, 4.69) is 40.9 Å². The van der Waals surface area contributed by atoms with Crippen molar-refractivity contribution in [1.82, 2.24) is 44.9 Å². The number of fused-ring (bicyclic) bond motifs is 1. The van der Waals surface area contributed by atoms with Gasteiger partial charge in [0.15, 0.2) is 0 Å². The Labute approximate surface area is 172 Å². The second kappa shape index (κ2) is 7.07. The molecule has 150 valence electrons. The molecule has 5 rings (SSSR count). The zero-order chi connectivity index (χ0) is 20.7. The maximum Gasteiger partial charge on any atom is 0.0983 e. The van der Waals surface area contributed by atoms with Crippen molar-refractivity contribution in [3.05, 3.63) is 66.1 Å². The van der Waals surface area contributed by atoms with Gasteiger partial charge in [-0.25, -0.2) is 4.68 Å². The van der Waals surface area contributed by atoms with Gasteiger partial charge >= 0.3 is 0 Å². The molecule has 0 aliphatic carbocycles. The molecule has 5 aromatic rings. The van der Waals surface area contributed by atoms with E-state index < -0.39 is 0 Å². The molecular weight excluding hydrogens is 380 g/mol. The van der Waals surface area contributed by atoms with E-state index >= 15 is 0 Å². The van der Waals surface area contributed by atoms with E-state index in [-0.39, 0.29) is 6.04 Å². The van der Waals surface area contributed by atoms with Crippen LogP contribution in [0.5, 0.6) is 0 Å². The van der Waals surface area contributed by atoms with E-state index in [0.717, 1.165) is 44.9 Å². The van der Waals surface area contributed by atoms with Crippen molar-refractivity contribution in [3.8, 4) is 11.3 Å². The first-order valence-corrected chi connectivity index (χ1v) is 9.45. The molecule has 0 amide bonds. The first-order valence-electron chi connectivity index (χ1n) is 9.45. The van der Waals surface area contributed by atoms with Crippen LogP contribution in [0.25, 0.3) is 22.3 Å². The summed E-state index contributed by atoms with van der Waals surface area (Å²) in [5.41, 5.74) is 7.09. The molecule has 0 bridgehead atoms. The number of nitrogens with zero attached hydrogens (tertiary/aromatic N) is 8. The normalized spacial score (nSPS) is 12.4. The fourth-order valence-corrected chi connectivity index (χ4v) is 3.55. The van der Waals surface area contributed by atoms with Crippen molar-refractivity contribution < 1.29 is 0 Å². The van der Waals surface area contributed by atoms with Gasteiger partial charge in [0.1, 0.15) is 0 Å². The Morgan fingerprint density at radius 3 is 2.63 bits per heavy atom. The highest BCUT2D eigenvalue weighted by atomic mass is 15.4. The third kappa shape index (κ3) is 3.17. The molecular formula is C20H20N10. The average Bonchev–Trinajstić information content (AvgIpc) is 3.47.